The average Bonchev–Trinajstić information content (AvgIpc) is 2.35. The van der Waals surface area contributed by atoms with E-state index in [9.17, 15) is 4.55 Å². The summed E-state index contributed by atoms with van der Waals surface area (Å²) in [5, 5.41) is 0. The molecule has 2 nitrogen and oxygen atoms in total. The molecule has 0 fully saturated rings. The van der Waals surface area contributed by atoms with Crippen LogP contribution in [0.3, 0.4) is 0 Å². The summed E-state index contributed by atoms with van der Waals surface area (Å²) in [6.45, 7) is 4.27. The van der Waals surface area contributed by atoms with Crippen molar-refractivity contribution < 1.29 is 13.4 Å². The monoisotopic (exact) mass is 253 g/mol. The van der Waals surface area contributed by atoms with Crippen LogP contribution in [0.25, 0.3) is 0 Å². The molecule has 3 unspecified atom stereocenters. The molecule has 0 saturated heterocycles. The third-order valence-corrected chi connectivity index (χ3v) is 4.26. The fraction of sp³-hybridized carbons (Fsp3) is 0.571. The Bertz CT molecular complexity index is 502. The Balaban J connectivity index is 2.58. The highest BCUT2D eigenvalue weighted by atomic mass is 32.2. The molecule has 0 radical (unpaired) electrons. The second kappa shape index (κ2) is 4.91. The third-order valence-electron chi connectivity index (χ3n) is 3.49. The first kappa shape index (κ1) is 9.29. The molecule has 3 heteroatoms. The van der Waals surface area contributed by atoms with Crippen LogP contribution in [0.15, 0.2) is 17.0 Å². The van der Waals surface area contributed by atoms with Crippen LogP contribution < -0.4 is 4.74 Å². The van der Waals surface area contributed by atoms with Crippen molar-refractivity contribution in [3.05, 3.63) is 23.3 Å². The Morgan fingerprint density at radius 1 is 1.59 bits per heavy atom. The van der Waals surface area contributed by atoms with E-state index in [4.69, 9.17) is 8.85 Å². The van der Waals surface area contributed by atoms with Crippen LogP contribution in [0.2, 0.25) is 0 Å². The number of ether oxygens (including phenoxy) is 1. The van der Waals surface area contributed by atoms with Crippen molar-refractivity contribution in [2.24, 2.45) is 5.92 Å². The minimum Gasteiger partial charge on any atom is -0.612 e. The minimum absolute atomic E-state index is 0.330. The Labute approximate surface area is 111 Å². The summed E-state index contributed by atoms with van der Waals surface area (Å²) < 4.78 is 39.8. The van der Waals surface area contributed by atoms with Gasteiger partial charge < -0.3 is 9.29 Å². The van der Waals surface area contributed by atoms with Crippen molar-refractivity contribution in [3.63, 3.8) is 0 Å². The maximum absolute atomic E-state index is 12.3. The minimum atomic E-state index is -2.50. The van der Waals surface area contributed by atoms with Crippen molar-refractivity contribution in [1.29, 1.82) is 0 Å². The van der Waals surface area contributed by atoms with Crippen LogP contribution in [0.4, 0.5) is 0 Å². The van der Waals surface area contributed by atoms with E-state index in [2.05, 4.69) is 13.8 Å². The third kappa shape index (κ3) is 2.45. The van der Waals surface area contributed by atoms with E-state index in [0.717, 1.165) is 24.0 Å². The summed E-state index contributed by atoms with van der Waals surface area (Å²) in [5.41, 5.74) is 2.02. The van der Waals surface area contributed by atoms with E-state index in [1.807, 2.05) is 6.07 Å². The molecule has 94 valence electrons. The summed E-state index contributed by atoms with van der Waals surface area (Å²) in [4.78, 5) is 0.415. The highest BCUT2D eigenvalue weighted by Gasteiger charge is 2.27. The molecule has 0 heterocycles. The molecule has 0 amide bonds. The van der Waals surface area contributed by atoms with Crippen LogP contribution in [0, 0.1) is 5.92 Å². The van der Waals surface area contributed by atoms with Crippen LogP contribution in [0.5, 0.6) is 5.75 Å². The number of hydrogen-bond donors (Lipinski definition) is 0. The van der Waals surface area contributed by atoms with Crippen molar-refractivity contribution in [1.82, 2.24) is 0 Å². The Hall–Kier alpha value is -0.670. The predicted octanol–water partition coefficient (Wildman–Crippen LogP) is 3.12. The summed E-state index contributed by atoms with van der Waals surface area (Å²) in [6, 6.07) is 3.57. The highest BCUT2D eigenvalue weighted by molar-refractivity contribution is 7.90. The predicted molar refractivity (Wildman–Crippen MR) is 71.2 cm³/mol. The highest BCUT2D eigenvalue weighted by Crippen LogP contribution is 2.39. The molecule has 0 bridgehead atoms. The van der Waals surface area contributed by atoms with Gasteiger partial charge in [0.1, 0.15) is 11.9 Å². The lowest BCUT2D eigenvalue weighted by atomic mass is 9.78. The van der Waals surface area contributed by atoms with Crippen molar-refractivity contribution in [2.45, 2.75) is 37.5 Å². The molecule has 2 rings (SSSR count). The molecule has 0 N–H and O–H groups in total. The van der Waals surface area contributed by atoms with Gasteiger partial charge >= 0.3 is 0 Å². The lowest BCUT2D eigenvalue weighted by Crippen LogP contribution is -2.18. The fourth-order valence-corrected chi connectivity index (χ4v) is 3.39. The molecule has 0 saturated carbocycles. The number of rotatable bonds is 2. The molecule has 1 aromatic carbocycles. The molecule has 1 aliphatic rings. The van der Waals surface area contributed by atoms with Gasteiger partial charge in [-0.2, -0.15) is 0 Å². The van der Waals surface area contributed by atoms with Gasteiger partial charge in [0.2, 0.25) is 0 Å². The molecule has 17 heavy (non-hydrogen) atoms. The zero-order chi connectivity index (χ0) is 15.1. The van der Waals surface area contributed by atoms with Gasteiger partial charge in [-0.05, 0) is 47.5 Å². The lowest BCUT2D eigenvalue weighted by Gasteiger charge is -2.29. The molecular formula is C14H20O2S. The Morgan fingerprint density at radius 3 is 3.00 bits per heavy atom. The van der Waals surface area contributed by atoms with Gasteiger partial charge in [-0.15, -0.1) is 0 Å². The van der Waals surface area contributed by atoms with Crippen LogP contribution in [0.1, 0.15) is 41.4 Å². The van der Waals surface area contributed by atoms with E-state index in [0.29, 0.717) is 22.5 Å². The van der Waals surface area contributed by atoms with E-state index < -0.39 is 17.4 Å². The van der Waals surface area contributed by atoms with Crippen molar-refractivity contribution in [3.8, 4) is 5.75 Å². The van der Waals surface area contributed by atoms with Gasteiger partial charge in [-0.3, -0.25) is 0 Å². The summed E-state index contributed by atoms with van der Waals surface area (Å²) in [6.07, 6.45) is -0.662. The zero-order valence-corrected chi connectivity index (χ0v) is 11.3. The molecule has 1 aliphatic carbocycles. The van der Waals surface area contributed by atoms with Crippen LogP contribution >= 0.6 is 0 Å². The number of benzene rings is 1. The quantitative estimate of drug-likeness (QED) is 0.759. The van der Waals surface area contributed by atoms with Crippen molar-refractivity contribution in [2.75, 3.05) is 13.3 Å². The summed E-state index contributed by atoms with van der Waals surface area (Å²) >= 11 is -2.01. The maximum Gasteiger partial charge on any atom is 0.159 e. The van der Waals surface area contributed by atoms with E-state index in [1.165, 1.54) is 0 Å². The van der Waals surface area contributed by atoms with Crippen molar-refractivity contribution >= 4 is 11.2 Å². The van der Waals surface area contributed by atoms with E-state index in [-0.39, 0.29) is 0 Å². The van der Waals surface area contributed by atoms with Gasteiger partial charge in [-0.25, -0.2) is 0 Å². The van der Waals surface area contributed by atoms with Gasteiger partial charge in [0.25, 0.3) is 0 Å². The lowest BCUT2D eigenvalue weighted by molar-refractivity contribution is 0.404. The number of fused-ring (bicyclic) bond motifs is 1. The first-order valence-corrected chi connectivity index (χ1v) is 7.01. The molecule has 0 aliphatic heterocycles. The molecular weight excluding hydrogens is 232 g/mol. The first-order chi connectivity index (χ1) is 9.24. The Morgan fingerprint density at radius 2 is 2.35 bits per heavy atom. The van der Waals surface area contributed by atoms with Gasteiger partial charge in [-0.1, -0.05) is 13.8 Å². The van der Waals surface area contributed by atoms with Crippen LogP contribution in [-0.2, 0) is 17.6 Å². The SMILES string of the molecule is [1H]C([1H])([2H])[S+]([O-])c1cc(OC)cc2c1CC(C)CC2C. The van der Waals surface area contributed by atoms with E-state index >= 15 is 0 Å². The standard InChI is InChI=1S/C14H20O2S/c1-9-5-10(2)12-7-11(16-3)8-14(17(4)15)13(12)6-9/h7-10H,5-6H2,1-4H3/i4DH2. The first-order valence-electron chi connectivity index (χ1n) is 7.36. The summed E-state index contributed by atoms with van der Waals surface area (Å²) in [7, 11) is 1.54. The van der Waals surface area contributed by atoms with E-state index in [1.54, 1.807) is 13.2 Å². The zero-order valence-electron chi connectivity index (χ0n) is 13.4. The second-order valence-electron chi connectivity index (χ2n) is 4.91. The molecule has 0 aromatic heterocycles. The normalized spacial score (nSPS) is 28.6. The fourth-order valence-electron chi connectivity index (χ4n) is 2.74. The molecule has 0 spiro atoms. The summed E-state index contributed by atoms with van der Waals surface area (Å²) in [5.74, 6) is 1.38. The maximum atomic E-state index is 12.3. The van der Waals surface area contributed by atoms with Gasteiger partial charge in [0.05, 0.1) is 11.2 Å². The van der Waals surface area contributed by atoms with Crippen LogP contribution in [-0.4, -0.2) is 17.8 Å². The van der Waals surface area contributed by atoms with Gasteiger partial charge in [0.15, 0.2) is 4.90 Å². The topological polar surface area (TPSA) is 32.3 Å². The second-order valence-corrected chi connectivity index (χ2v) is 5.89. The number of methoxy groups -OCH3 is 1. The largest absolute Gasteiger partial charge is 0.612 e. The molecule has 3 atom stereocenters. The smallest absolute Gasteiger partial charge is 0.159 e. The van der Waals surface area contributed by atoms with Gasteiger partial charge in [0, 0.05) is 11.6 Å². The molecule has 1 aromatic rings. The Kier molecular flexibility index (Phi) is 2.68. The average molecular weight is 253 g/mol. The number of hydrogen-bond acceptors (Lipinski definition) is 2.